The molecule has 7 rings (SSSR count). The molecule has 0 bridgehead atoms. The van der Waals surface area contributed by atoms with Gasteiger partial charge >= 0.3 is 0 Å². The maximum absolute atomic E-state index is 13.5. The van der Waals surface area contributed by atoms with Gasteiger partial charge in [-0.05, 0) is 18.2 Å². The number of ether oxygens (including phenoxy) is 1. The summed E-state index contributed by atoms with van der Waals surface area (Å²) in [5, 5.41) is 34.5. The second-order valence-electron chi connectivity index (χ2n) is 9.50. The number of alkyl halides is 1. The Kier molecular flexibility index (Phi) is 4.73. The standard InChI is InChI=1S/C26H21ClN4O6/c1-30-24(35)16-14-10-5-2-3-7-12(10)29-18(14)19-15(17(16)25(30)36)11-6-4-8-28-23(11)31(19)26-22(34)21(33)20(32)13(9-27)37-26/h2-8,13,20-22,26,29,32-34H,9H2,1H3/t13-,20-,21+,22-,26?/m1/s1. The van der Waals surface area contributed by atoms with Crippen LogP contribution in [0.5, 0.6) is 0 Å². The molecule has 37 heavy (non-hydrogen) atoms. The summed E-state index contributed by atoms with van der Waals surface area (Å²) >= 11 is 6.03. The Bertz CT molecular complexity index is 1790. The van der Waals surface area contributed by atoms with Gasteiger partial charge in [-0.1, -0.05) is 18.2 Å². The van der Waals surface area contributed by atoms with E-state index in [0.717, 1.165) is 15.8 Å². The van der Waals surface area contributed by atoms with Crippen molar-refractivity contribution in [2.24, 2.45) is 0 Å². The first kappa shape index (κ1) is 22.6. The molecule has 2 aliphatic heterocycles. The van der Waals surface area contributed by atoms with E-state index in [1.165, 1.54) is 7.05 Å². The molecule has 2 amide bonds. The molecule has 4 N–H and O–H groups in total. The molecule has 0 saturated carbocycles. The van der Waals surface area contributed by atoms with Gasteiger partial charge in [0.2, 0.25) is 0 Å². The normalized spacial score (nSPS) is 26.3. The highest BCUT2D eigenvalue weighted by molar-refractivity contribution is 6.39. The highest BCUT2D eigenvalue weighted by atomic mass is 35.5. The second-order valence-corrected chi connectivity index (χ2v) is 9.81. The van der Waals surface area contributed by atoms with Crippen molar-refractivity contribution < 1.29 is 29.6 Å². The number of halogens is 1. The third-order valence-corrected chi connectivity index (χ3v) is 7.89. The highest BCUT2D eigenvalue weighted by Gasteiger charge is 2.46. The molecule has 2 aromatic carbocycles. The number of aromatic nitrogens is 3. The van der Waals surface area contributed by atoms with E-state index >= 15 is 0 Å². The number of aromatic amines is 1. The summed E-state index contributed by atoms with van der Waals surface area (Å²) < 4.78 is 7.68. The van der Waals surface area contributed by atoms with Crippen LogP contribution in [-0.4, -0.2) is 83.9 Å². The summed E-state index contributed by atoms with van der Waals surface area (Å²) in [5.74, 6) is -0.975. The van der Waals surface area contributed by atoms with Crippen molar-refractivity contribution in [2.75, 3.05) is 12.9 Å². The second kappa shape index (κ2) is 7.73. The SMILES string of the molecule is CN1C(=O)c2c(c3c4cccnc4n(C4O[C@H](CCl)[C@@H](O)[C@H](O)[C@H]4O)c3c3[nH]c4ccccc4c23)C1=O. The van der Waals surface area contributed by atoms with Gasteiger partial charge in [-0.3, -0.25) is 19.1 Å². The van der Waals surface area contributed by atoms with Crippen LogP contribution in [0, 0.1) is 0 Å². The summed E-state index contributed by atoms with van der Waals surface area (Å²) in [7, 11) is 1.45. The maximum Gasteiger partial charge on any atom is 0.262 e. The molecule has 1 saturated heterocycles. The van der Waals surface area contributed by atoms with Gasteiger partial charge in [0.05, 0.1) is 28.0 Å². The maximum atomic E-state index is 13.5. The fraction of sp³-hybridized carbons (Fsp3) is 0.269. The first-order valence-corrected chi connectivity index (χ1v) is 12.3. The summed E-state index contributed by atoms with van der Waals surface area (Å²) in [6.45, 7) is 0. The fourth-order valence-corrected chi connectivity index (χ4v) is 6.10. The third kappa shape index (κ3) is 2.76. The van der Waals surface area contributed by atoms with Gasteiger partial charge in [0.1, 0.15) is 30.1 Å². The van der Waals surface area contributed by atoms with E-state index in [4.69, 9.17) is 16.3 Å². The number of nitrogens with one attached hydrogen (secondary N) is 1. The van der Waals surface area contributed by atoms with Crippen LogP contribution in [0.2, 0.25) is 0 Å². The van der Waals surface area contributed by atoms with Gasteiger partial charge in [0.15, 0.2) is 6.23 Å². The number of nitrogens with zero attached hydrogens (tertiary/aromatic N) is 3. The van der Waals surface area contributed by atoms with E-state index in [2.05, 4.69) is 9.97 Å². The van der Waals surface area contributed by atoms with Gasteiger partial charge in [0.25, 0.3) is 11.8 Å². The number of carbonyl (C=O) groups is 2. The zero-order chi connectivity index (χ0) is 25.7. The number of H-pyrrole nitrogens is 1. The molecular formula is C26H21ClN4O6. The molecule has 11 heteroatoms. The largest absolute Gasteiger partial charge is 0.388 e. The van der Waals surface area contributed by atoms with Crippen LogP contribution in [0.1, 0.15) is 26.9 Å². The van der Waals surface area contributed by atoms with E-state index in [9.17, 15) is 24.9 Å². The Labute approximate surface area is 213 Å². The number of para-hydroxylation sites is 1. The summed E-state index contributed by atoms with van der Waals surface area (Å²) in [5.41, 5.74) is 2.72. The van der Waals surface area contributed by atoms with Crippen LogP contribution in [0.25, 0.3) is 43.7 Å². The molecule has 1 fully saturated rings. The van der Waals surface area contributed by atoms with E-state index in [1.807, 2.05) is 24.3 Å². The quantitative estimate of drug-likeness (QED) is 0.207. The minimum atomic E-state index is -1.54. The first-order valence-electron chi connectivity index (χ1n) is 11.8. The fourth-order valence-electron chi connectivity index (χ4n) is 5.84. The minimum Gasteiger partial charge on any atom is -0.388 e. The van der Waals surface area contributed by atoms with Crippen molar-refractivity contribution in [3.63, 3.8) is 0 Å². The van der Waals surface area contributed by atoms with Crippen LogP contribution in [0.15, 0.2) is 42.6 Å². The lowest BCUT2D eigenvalue weighted by Gasteiger charge is -2.40. The number of carbonyl (C=O) groups excluding carboxylic acids is 2. The zero-order valence-electron chi connectivity index (χ0n) is 19.4. The molecule has 0 spiro atoms. The topological polar surface area (TPSA) is 141 Å². The molecule has 188 valence electrons. The Morgan fingerprint density at radius 3 is 2.43 bits per heavy atom. The number of hydrogen-bond donors (Lipinski definition) is 4. The summed E-state index contributed by atoms with van der Waals surface area (Å²) in [6.07, 6.45) is -5.07. The van der Waals surface area contributed by atoms with Gasteiger partial charge < -0.3 is 25.0 Å². The first-order chi connectivity index (χ1) is 17.8. The highest BCUT2D eigenvalue weighted by Crippen LogP contribution is 2.46. The molecule has 0 aliphatic carbocycles. The van der Waals surface area contributed by atoms with Crippen molar-refractivity contribution in [2.45, 2.75) is 30.6 Å². The third-order valence-electron chi connectivity index (χ3n) is 7.59. The van der Waals surface area contributed by atoms with Crippen LogP contribution >= 0.6 is 11.6 Å². The number of aliphatic hydroxyl groups is 3. The average Bonchev–Trinajstić information content (AvgIpc) is 3.53. The van der Waals surface area contributed by atoms with Crippen molar-refractivity contribution in [1.82, 2.24) is 19.4 Å². The Balaban J connectivity index is 1.71. The molecular weight excluding hydrogens is 500 g/mol. The number of aliphatic hydroxyl groups excluding tert-OH is 3. The predicted molar refractivity (Wildman–Crippen MR) is 136 cm³/mol. The summed E-state index contributed by atoms with van der Waals surface area (Å²) in [4.78, 5) is 35.9. The number of benzene rings is 2. The Morgan fingerprint density at radius 1 is 0.973 bits per heavy atom. The van der Waals surface area contributed by atoms with Crippen LogP contribution in [-0.2, 0) is 4.74 Å². The molecule has 1 unspecified atom stereocenters. The number of pyridine rings is 1. The van der Waals surface area contributed by atoms with Crippen LogP contribution in [0.4, 0.5) is 0 Å². The van der Waals surface area contributed by atoms with E-state index in [-0.39, 0.29) is 11.4 Å². The number of rotatable bonds is 2. The van der Waals surface area contributed by atoms with Crippen molar-refractivity contribution in [1.29, 1.82) is 0 Å². The van der Waals surface area contributed by atoms with Crippen molar-refractivity contribution in [3.05, 3.63) is 53.7 Å². The Hall–Kier alpha value is -3.54. The zero-order valence-corrected chi connectivity index (χ0v) is 20.2. The lowest BCUT2D eigenvalue weighted by Crippen LogP contribution is -2.56. The Morgan fingerprint density at radius 2 is 1.68 bits per heavy atom. The molecule has 0 radical (unpaired) electrons. The van der Waals surface area contributed by atoms with Crippen molar-refractivity contribution >= 4 is 67.2 Å². The smallest absolute Gasteiger partial charge is 0.262 e. The molecule has 5 heterocycles. The van der Waals surface area contributed by atoms with Gasteiger partial charge in [-0.15, -0.1) is 11.6 Å². The van der Waals surface area contributed by atoms with E-state index < -0.39 is 42.5 Å². The van der Waals surface area contributed by atoms with Gasteiger partial charge in [-0.25, -0.2) is 4.98 Å². The molecule has 5 aromatic rings. The molecule has 2 aliphatic rings. The number of imide groups is 1. The molecule has 3 aromatic heterocycles. The predicted octanol–water partition coefficient (Wildman–Crippen LogP) is 2.27. The van der Waals surface area contributed by atoms with Gasteiger partial charge in [-0.2, -0.15) is 0 Å². The molecule has 10 nitrogen and oxygen atoms in total. The lowest BCUT2D eigenvalue weighted by atomic mass is 9.96. The van der Waals surface area contributed by atoms with Crippen LogP contribution < -0.4 is 0 Å². The summed E-state index contributed by atoms with van der Waals surface area (Å²) in [6, 6.07) is 11.0. The monoisotopic (exact) mass is 520 g/mol. The number of amides is 2. The van der Waals surface area contributed by atoms with E-state index in [1.54, 1.807) is 22.9 Å². The number of fused-ring (bicyclic) bond motifs is 10. The lowest BCUT2D eigenvalue weighted by molar-refractivity contribution is -0.237. The average molecular weight is 521 g/mol. The minimum absolute atomic E-state index is 0.124. The van der Waals surface area contributed by atoms with Crippen molar-refractivity contribution in [3.8, 4) is 0 Å². The molecule has 5 atom stereocenters. The van der Waals surface area contributed by atoms with Crippen LogP contribution in [0.3, 0.4) is 0 Å². The number of hydrogen-bond acceptors (Lipinski definition) is 7. The van der Waals surface area contributed by atoms with E-state index in [0.29, 0.717) is 38.4 Å². The van der Waals surface area contributed by atoms with Gasteiger partial charge in [0, 0.05) is 40.3 Å².